The van der Waals surface area contributed by atoms with E-state index < -0.39 is 10.0 Å². The van der Waals surface area contributed by atoms with Gasteiger partial charge in [-0.25, -0.2) is 8.42 Å². The molecule has 1 aliphatic heterocycles. The Balaban J connectivity index is 2.48. The van der Waals surface area contributed by atoms with Crippen LogP contribution in [0.2, 0.25) is 0 Å². The molecule has 0 saturated carbocycles. The normalized spacial score (nSPS) is 19.1. The maximum atomic E-state index is 12.0. The van der Waals surface area contributed by atoms with Crippen LogP contribution in [0.15, 0.2) is 0 Å². The number of sulfonamides is 1. The number of hydrogen-bond donors (Lipinski definition) is 1. The van der Waals surface area contributed by atoms with Crippen molar-refractivity contribution in [1.82, 2.24) is 9.21 Å². The molecule has 0 bridgehead atoms. The molecule has 1 rings (SSSR count). The fraction of sp³-hybridized carbons (Fsp3) is 0.909. The lowest BCUT2D eigenvalue weighted by Gasteiger charge is -2.27. The summed E-state index contributed by atoms with van der Waals surface area (Å²) in [7, 11) is -1.84. The maximum Gasteiger partial charge on any atom is 0.223 e. The Hall–Kier alpha value is -0.700. The molecule has 1 amide bonds. The number of ether oxygens (including phenoxy) is 1. The SMILES string of the molecule is CC(CO)N(C)C(=O)CCS(=O)(=O)N1CCOCC1. The van der Waals surface area contributed by atoms with Crippen molar-refractivity contribution in [3.8, 4) is 0 Å². The van der Waals surface area contributed by atoms with Gasteiger partial charge in [0.25, 0.3) is 0 Å². The minimum Gasteiger partial charge on any atom is -0.394 e. The summed E-state index contributed by atoms with van der Waals surface area (Å²) in [5.41, 5.74) is 0. The third-order valence-electron chi connectivity index (χ3n) is 3.26. The van der Waals surface area contributed by atoms with Crippen LogP contribution >= 0.6 is 0 Å². The molecule has 0 aliphatic carbocycles. The smallest absolute Gasteiger partial charge is 0.223 e. The molecule has 1 atom stereocenters. The zero-order valence-corrected chi connectivity index (χ0v) is 12.2. The number of aliphatic hydroxyl groups is 1. The van der Waals surface area contributed by atoms with Crippen LogP contribution in [0.1, 0.15) is 13.3 Å². The zero-order chi connectivity index (χ0) is 14.5. The predicted octanol–water partition coefficient (Wildman–Crippen LogP) is -1.12. The highest BCUT2D eigenvalue weighted by Crippen LogP contribution is 2.08. The maximum absolute atomic E-state index is 12.0. The van der Waals surface area contributed by atoms with Crippen LogP contribution in [-0.4, -0.2) is 80.4 Å². The monoisotopic (exact) mass is 294 g/mol. The van der Waals surface area contributed by atoms with Crippen LogP contribution in [-0.2, 0) is 19.6 Å². The number of hydrogen-bond acceptors (Lipinski definition) is 5. The van der Waals surface area contributed by atoms with E-state index >= 15 is 0 Å². The molecule has 0 aromatic rings. The van der Waals surface area contributed by atoms with Gasteiger partial charge in [0.15, 0.2) is 0 Å². The van der Waals surface area contributed by atoms with Crippen molar-refractivity contribution in [2.24, 2.45) is 0 Å². The molecule has 1 unspecified atom stereocenters. The van der Waals surface area contributed by atoms with E-state index in [4.69, 9.17) is 9.84 Å². The molecular formula is C11H22N2O5S. The Morgan fingerprint density at radius 3 is 2.53 bits per heavy atom. The third-order valence-corrected chi connectivity index (χ3v) is 5.13. The van der Waals surface area contributed by atoms with Gasteiger partial charge in [0, 0.05) is 26.6 Å². The summed E-state index contributed by atoms with van der Waals surface area (Å²) in [5.74, 6) is -0.479. The topological polar surface area (TPSA) is 87.2 Å². The Kier molecular flexibility index (Phi) is 6.18. The quantitative estimate of drug-likeness (QED) is 0.670. The van der Waals surface area contributed by atoms with Gasteiger partial charge in [-0.2, -0.15) is 4.31 Å². The van der Waals surface area contributed by atoms with Crippen molar-refractivity contribution in [2.45, 2.75) is 19.4 Å². The predicted molar refractivity (Wildman–Crippen MR) is 70.1 cm³/mol. The molecule has 0 aromatic heterocycles. The molecular weight excluding hydrogens is 272 g/mol. The second-order valence-electron chi connectivity index (χ2n) is 4.61. The Bertz CT molecular complexity index is 392. The largest absolute Gasteiger partial charge is 0.394 e. The molecule has 0 aromatic carbocycles. The summed E-state index contributed by atoms with van der Waals surface area (Å²) >= 11 is 0. The van der Waals surface area contributed by atoms with Crippen molar-refractivity contribution < 1.29 is 23.1 Å². The number of amides is 1. The van der Waals surface area contributed by atoms with E-state index in [2.05, 4.69) is 0 Å². The average molecular weight is 294 g/mol. The number of aliphatic hydroxyl groups excluding tert-OH is 1. The van der Waals surface area contributed by atoms with E-state index in [1.165, 1.54) is 9.21 Å². The zero-order valence-electron chi connectivity index (χ0n) is 11.4. The number of rotatable bonds is 6. The van der Waals surface area contributed by atoms with Gasteiger partial charge in [-0.05, 0) is 6.92 Å². The lowest BCUT2D eigenvalue weighted by molar-refractivity contribution is -0.131. The van der Waals surface area contributed by atoms with Gasteiger partial charge < -0.3 is 14.7 Å². The van der Waals surface area contributed by atoms with Crippen molar-refractivity contribution in [1.29, 1.82) is 0 Å². The highest BCUT2D eigenvalue weighted by atomic mass is 32.2. The minimum atomic E-state index is -3.40. The van der Waals surface area contributed by atoms with Crippen LogP contribution in [0.3, 0.4) is 0 Å². The first-order valence-corrected chi connectivity index (χ1v) is 7.91. The number of carbonyl (C=O) groups is 1. The van der Waals surface area contributed by atoms with Gasteiger partial charge in [-0.15, -0.1) is 0 Å². The van der Waals surface area contributed by atoms with Gasteiger partial charge >= 0.3 is 0 Å². The summed E-state index contributed by atoms with van der Waals surface area (Å²) in [6.07, 6.45) is -0.0689. The third kappa shape index (κ3) is 4.72. The summed E-state index contributed by atoms with van der Waals surface area (Å²) in [5, 5.41) is 8.95. The van der Waals surface area contributed by atoms with Gasteiger partial charge in [0.2, 0.25) is 15.9 Å². The van der Waals surface area contributed by atoms with E-state index in [-0.39, 0.29) is 30.7 Å². The van der Waals surface area contributed by atoms with Crippen molar-refractivity contribution in [3.63, 3.8) is 0 Å². The highest BCUT2D eigenvalue weighted by molar-refractivity contribution is 7.89. The summed E-state index contributed by atoms with van der Waals surface area (Å²) in [6.45, 7) is 3.05. The summed E-state index contributed by atoms with van der Waals surface area (Å²) in [4.78, 5) is 13.1. The first-order chi connectivity index (χ1) is 8.88. The molecule has 1 N–H and O–H groups in total. The summed E-state index contributed by atoms with van der Waals surface area (Å²) in [6, 6.07) is -0.307. The molecule has 112 valence electrons. The van der Waals surface area contributed by atoms with Gasteiger partial charge in [-0.3, -0.25) is 4.79 Å². The lowest BCUT2D eigenvalue weighted by Crippen LogP contribution is -2.43. The van der Waals surface area contributed by atoms with Crippen molar-refractivity contribution in [3.05, 3.63) is 0 Å². The number of likely N-dealkylation sites (N-methyl/N-ethyl adjacent to an activating group) is 1. The van der Waals surface area contributed by atoms with Crippen molar-refractivity contribution in [2.75, 3.05) is 45.7 Å². The van der Waals surface area contributed by atoms with Crippen LogP contribution < -0.4 is 0 Å². The van der Waals surface area contributed by atoms with E-state index in [9.17, 15) is 13.2 Å². The van der Waals surface area contributed by atoms with Crippen LogP contribution in [0.4, 0.5) is 0 Å². The molecule has 1 saturated heterocycles. The van der Waals surface area contributed by atoms with Crippen LogP contribution in [0.5, 0.6) is 0 Å². The van der Waals surface area contributed by atoms with E-state index in [0.29, 0.717) is 26.3 Å². The highest BCUT2D eigenvalue weighted by Gasteiger charge is 2.26. The van der Waals surface area contributed by atoms with Crippen LogP contribution in [0.25, 0.3) is 0 Å². The second-order valence-corrected chi connectivity index (χ2v) is 6.70. The van der Waals surface area contributed by atoms with Crippen LogP contribution in [0, 0.1) is 0 Å². The fourth-order valence-corrected chi connectivity index (χ4v) is 3.11. The second kappa shape index (κ2) is 7.18. The molecule has 8 heteroatoms. The van der Waals surface area contributed by atoms with E-state index in [1.54, 1.807) is 14.0 Å². The molecule has 1 fully saturated rings. The minimum absolute atomic E-state index is 0.0689. The molecule has 1 heterocycles. The van der Waals surface area contributed by atoms with Gasteiger partial charge in [0.05, 0.1) is 31.6 Å². The Morgan fingerprint density at radius 1 is 1.42 bits per heavy atom. The fourth-order valence-electron chi connectivity index (χ4n) is 1.71. The first kappa shape index (κ1) is 16.4. The van der Waals surface area contributed by atoms with E-state index in [0.717, 1.165) is 0 Å². The summed E-state index contributed by atoms with van der Waals surface area (Å²) < 4.78 is 30.5. The molecule has 0 radical (unpaired) electrons. The first-order valence-electron chi connectivity index (χ1n) is 6.30. The average Bonchev–Trinajstić information content (AvgIpc) is 2.44. The van der Waals surface area contributed by atoms with Gasteiger partial charge in [0.1, 0.15) is 0 Å². The molecule has 0 spiro atoms. The number of carbonyl (C=O) groups excluding carboxylic acids is 1. The lowest BCUT2D eigenvalue weighted by atomic mass is 10.3. The standard InChI is InChI=1S/C11H22N2O5S/c1-10(9-14)12(2)11(15)3-8-19(16,17)13-4-6-18-7-5-13/h10,14H,3-9H2,1-2H3. The Morgan fingerprint density at radius 2 is 2.00 bits per heavy atom. The van der Waals surface area contributed by atoms with E-state index in [1.807, 2.05) is 0 Å². The van der Waals surface area contributed by atoms with Crippen molar-refractivity contribution >= 4 is 15.9 Å². The molecule has 7 nitrogen and oxygen atoms in total. The number of morpholine rings is 1. The molecule has 19 heavy (non-hydrogen) atoms. The molecule has 1 aliphatic rings. The Labute approximate surface area is 114 Å². The number of nitrogens with zero attached hydrogens (tertiary/aromatic N) is 2. The van der Waals surface area contributed by atoms with Gasteiger partial charge in [-0.1, -0.05) is 0 Å².